The summed E-state index contributed by atoms with van der Waals surface area (Å²) in [5.41, 5.74) is 2.80. The van der Waals surface area contributed by atoms with Gasteiger partial charge in [-0.3, -0.25) is 4.72 Å². The molecule has 0 atom stereocenters. The fourth-order valence-corrected chi connectivity index (χ4v) is 6.68. The number of anilines is 3. The average Bonchev–Trinajstić information content (AvgIpc) is 3.25. The number of ether oxygens (including phenoxy) is 2. The number of nitriles is 1. The molecule has 6 rings (SSSR count). The summed E-state index contributed by atoms with van der Waals surface area (Å²) < 4.78 is 40.3. The van der Waals surface area contributed by atoms with Gasteiger partial charge in [0.05, 0.1) is 21.5 Å². The van der Waals surface area contributed by atoms with Crippen LogP contribution in [0.1, 0.15) is 28.8 Å². The summed E-state index contributed by atoms with van der Waals surface area (Å²) >= 11 is 1.52. The molecule has 0 bridgehead atoms. The summed E-state index contributed by atoms with van der Waals surface area (Å²) in [5.74, 6) is 1.14. The van der Waals surface area contributed by atoms with Crippen molar-refractivity contribution in [2.24, 2.45) is 0 Å². The van der Waals surface area contributed by atoms with Crippen molar-refractivity contribution in [1.29, 1.82) is 5.26 Å². The normalized spacial score (nSPS) is 14.6. The first-order valence-corrected chi connectivity index (χ1v) is 13.8. The SMILES string of the molecule is N#Cc1c(Nc2nc3ccccc3nc2NS(=O)(=O)c2ccc3c(c2)OCCO3)sc2c1CCCC2. The molecule has 2 aliphatic rings. The lowest BCUT2D eigenvalue weighted by Gasteiger charge is -2.19. The predicted molar refractivity (Wildman–Crippen MR) is 137 cm³/mol. The Hall–Kier alpha value is -3.88. The second-order valence-corrected chi connectivity index (χ2v) is 11.3. The summed E-state index contributed by atoms with van der Waals surface area (Å²) in [7, 11) is -4.04. The molecule has 0 fully saturated rings. The van der Waals surface area contributed by atoms with Gasteiger partial charge in [-0.25, -0.2) is 18.4 Å². The van der Waals surface area contributed by atoms with Crippen LogP contribution in [0.25, 0.3) is 11.0 Å². The molecule has 0 amide bonds. The number of fused-ring (bicyclic) bond motifs is 3. The van der Waals surface area contributed by atoms with Crippen LogP contribution in [0, 0.1) is 11.3 Å². The minimum Gasteiger partial charge on any atom is -0.486 e. The largest absolute Gasteiger partial charge is 0.486 e. The van der Waals surface area contributed by atoms with Crippen LogP contribution >= 0.6 is 11.3 Å². The highest BCUT2D eigenvalue weighted by Gasteiger charge is 2.25. The third kappa shape index (κ3) is 4.08. The van der Waals surface area contributed by atoms with E-state index in [1.807, 2.05) is 12.1 Å². The van der Waals surface area contributed by atoms with Gasteiger partial charge < -0.3 is 14.8 Å². The Kier molecular flexibility index (Phi) is 5.62. The monoisotopic (exact) mass is 519 g/mol. The molecule has 2 aromatic heterocycles. The molecular weight excluding hydrogens is 498 g/mol. The number of aryl methyl sites for hydroxylation is 1. The fraction of sp³-hybridized carbons (Fsp3) is 0.240. The molecule has 1 aliphatic carbocycles. The predicted octanol–water partition coefficient (Wildman–Crippen LogP) is 4.76. The van der Waals surface area contributed by atoms with E-state index in [1.54, 1.807) is 18.2 Å². The third-order valence-electron chi connectivity index (χ3n) is 6.14. The highest BCUT2D eigenvalue weighted by molar-refractivity contribution is 7.92. The number of thiophene rings is 1. The summed E-state index contributed by atoms with van der Waals surface area (Å²) in [6.07, 6.45) is 3.94. The van der Waals surface area contributed by atoms with Gasteiger partial charge in [0, 0.05) is 10.9 Å². The van der Waals surface area contributed by atoms with Gasteiger partial charge in [-0.1, -0.05) is 12.1 Å². The van der Waals surface area contributed by atoms with Gasteiger partial charge in [-0.05, 0) is 55.5 Å². The summed E-state index contributed by atoms with van der Waals surface area (Å²) in [4.78, 5) is 10.4. The molecule has 0 radical (unpaired) electrons. The zero-order chi connectivity index (χ0) is 24.7. The van der Waals surface area contributed by atoms with Crippen LogP contribution in [0.15, 0.2) is 47.4 Å². The second-order valence-electron chi connectivity index (χ2n) is 8.47. The summed E-state index contributed by atoms with van der Waals surface area (Å²) in [5, 5.41) is 13.7. The van der Waals surface area contributed by atoms with Crippen LogP contribution < -0.4 is 19.5 Å². The number of benzene rings is 2. The minimum atomic E-state index is -4.04. The van der Waals surface area contributed by atoms with Crippen molar-refractivity contribution in [2.45, 2.75) is 30.6 Å². The molecule has 0 spiro atoms. The second kappa shape index (κ2) is 8.96. The smallest absolute Gasteiger partial charge is 0.263 e. The molecule has 2 aromatic carbocycles. The lowest BCUT2D eigenvalue weighted by Crippen LogP contribution is -2.18. The van der Waals surface area contributed by atoms with Crippen molar-refractivity contribution >= 4 is 49.0 Å². The highest BCUT2D eigenvalue weighted by atomic mass is 32.2. The molecule has 9 nitrogen and oxygen atoms in total. The summed E-state index contributed by atoms with van der Waals surface area (Å²) in [6.45, 7) is 0.760. The van der Waals surface area contributed by atoms with Crippen LogP contribution in [-0.4, -0.2) is 31.6 Å². The van der Waals surface area contributed by atoms with Crippen LogP contribution in [0.4, 0.5) is 16.6 Å². The number of rotatable bonds is 5. The minimum absolute atomic E-state index is 0.0111. The van der Waals surface area contributed by atoms with E-state index in [-0.39, 0.29) is 16.5 Å². The van der Waals surface area contributed by atoms with E-state index in [2.05, 4.69) is 26.1 Å². The van der Waals surface area contributed by atoms with E-state index >= 15 is 0 Å². The zero-order valence-electron chi connectivity index (χ0n) is 19.1. The summed E-state index contributed by atoms with van der Waals surface area (Å²) in [6, 6.07) is 14.0. The number of hydrogen-bond acceptors (Lipinski definition) is 9. The maximum absolute atomic E-state index is 13.4. The number of aromatic nitrogens is 2. The Morgan fingerprint density at radius 2 is 1.67 bits per heavy atom. The van der Waals surface area contributed by atoms with Crippen molar-refractivity contribution in [1.82, 2.24) is 9.97 Å². The lowest BCUT2D eigenvalue weighted by molar-refractivity contribution is 0.171. The van der Waals surface area contributed by atoms with Crippen molar-refractivity contribution in [3.8, 4) is 17.6 Å². The molecule has 4 aromatic rings. The van der Waals surface area contributed by atoms with E-state index in [0.717, 1.165) is 31.2 Å². The number of nitrogens with zero attached hydrogens (tertiary/aromatic N) is 3. The van der Waals surface area contributed by atoms with Crippen LogP contribution in [0.3, 0.4) is 0 Å². The van der Waals surface area contributed by atoms with E-state index in [1.165, 1.54) is 28.3 Å². The number of hydrogen-bond donors (Lipinski definition) is 2. The standard InChI is InChI=1S/C25H21N5O4S2/c26-14-17-16-5-1-4-8-22(16)35-25(17)29-23-24(28-19-7-3-2-6-18(19)27-23)30-36(31,32)15-9-10-20-21(13-15)34-12-11-33-20/h2-3,6-7,9-10,13H,1,4-5,8,11-12H2,(H,27,29)(H,28,30). The molecule has 1 aliphatic heterocycles. The van der Waals surface area contributed by atoms with Crippen LogP contribution in [-0.2, 0) is 22.9 Å². The topological polar surface area (TPSA) is 126 Å². The Bertz CT molecular complexity index is 1640. The first-order chi connectivity index (χ1) is 17.5. The number of sulfonamides is 1. The maximum atomic E-state index is 13.4. The van der Waals surface area contributed by atoms with Crippen molar-refractivity contribution in [3.05, 3.63) is 58.5 Å². The molecular formula is C25H21N5O4S2. The van der Waals surface area contributed by atoms with Gasteiger partial charge in [0.1, 0.15) is 24.3 Å². The van der Waals surface area contributed by atoms with Gasteiger partial charge in [-0.2, -0.15) is 5.26 Å². The Balaban J connectivity index is 1.41. The van der Waals surface area contributed by atoms with Crippen LogP contribution in [0.5, 0.6) is 11.5 Å². The Morgan fingerprint density at radius 3 is 2.44 bits per heavy atom. The lowest BCUT2D eigenvalue weighted by atomic mass is 9.96. The fourth-order valence-electron chi connectivity index (χ4n) is 4.42. The maximum Gasteiger partial charge on any atom is 0.263 e. The van der Waals surface area contributed by atoms with Crippen LogP contribution in [0.2, 0.25) is 0 Å². The van der Waals surface area contributed by atoms with Crippen molar-refractivity contribution in [3.63, 3.8) is 0 Å². The highest BCUT2D eigenvalue weighted by Crippen LogP contribution is 2.40. The number of para-hydroxylation sites is 2. The van der Waals surface area contributed by atoms with Gasteiger partial charge in [0.25, 0.3) is 10.0 Å². The van der Waals surface area contributed by atoms with E-state index in [9.17, 15) is 13.7 Å². The Labute approximate surface area is 211 Å². The molecule has 182 valence electrons. The average molecular weight is 520 g/mol. The Morgan fingerprint density at radius 1 is 0.944 bits per heavy atom. The van der Waals surface area contributed by atoms with Gasteiger partial charge in [-0.15, -0.1) is 11.3 Å². The van der Waals surface area contributed by atoms with Crippen molar-refractivity contribution < 1.29 is 17.9 Å². The molecule has 3 heterocycles. The molecule has 2 N–H and O–H groups in total. The molecule has 36 heavy (non-hydrogen) atoms. The van der Waals surface area contributed by atoms with Gasteiger partial charge in [0.2, 0.25) is 0 Å². The molecule has 0 saturated carbocycles. The molecule has 0 unspecified atom stereocenters. The quantitative estimate of drug-likeness (QED) is 0.387. The van der Waals surface area contributed by atoms with E-state index in [4.69, 9.17) is 9.47 Å². The van der Waals surface area contributed by atoms with E-state index < -0.39 is 10.0 Å². The number of nitrogens with one attached hydrogen (secondary N) is 2. The van der Waals surface area contributed by atoms with Crippen molar-refractivity contribution in [2.75, 3.05) is 23.3 Å². The first kappa shape index (κ1) is 22.6. The zero-order valence-corrected chi connectivity index (χ0v) is 20.7. The third-order valence-corrected chi connectivity index (χ3v) is 8.68. The first-order valence-electron chi connectivity index (χ1n) is 11.5. The molecule has 0 saturated heterocycles. The van der Waals surface area contributed by atoms with Gasteiger partial charge in [0.15, 0.2) is 23.1 Å². The van der Waals surface area contributed by atoms with Gasteiger partial charge >= 0.3 is 0 Å². The molecule has 11 heteroatoms. The van der Waals surface area contributed by atoms with E-state index in [0.29, 0.717) is 46.3 Å².